The second-order valence-corrected chi connectivity index (χ2v) is 6.71. The first kappa shape index (κ1) is 13.9. The Morgan fingerprint density at radius 1 is 1.31 bits per heavy atom. The van der Waals surface area contributed by atoms with Crippen molar-refractivity contribution in [2.24, 2.45) is 5.92 Å². The molecule has 4 nitrogen and oxygen atoms in total. The highest BCUT2D eigenvalue weighted by atomic mass is 32.2. The van der Waals surface area contributed by atoms with Gasteiger partial charge < -0.3 is 5.11 Å². The highest BCUT2D eigenvalue weighted by Crippen LogP contribution is 2.30. The summed E-state index contributed by atoms with van der Waals surface area (Å²) in [5, 5.41) is 9.79. The van der Waals surface area contributed by atoms with Gasteiger partial charge in [-0.25, -0.2) is 13.1 Å². The van der Waals surface area contributed by atoms with Crippen molar-refractivity contribution in [1.29, 1.82) is 0 Å². The Balaban J connectivity index is 2.39. The van der Waals surface area contributed by atoms with Crippen LogP contribution in [0.2, 0.25) is 0 Å². The Morgan fingerprint density at radius 3 is 2.25 bits per heavy atom. The molecule has 0 aromatic heterocycles. The molecule has 16 heavy (non-hydrogen) atoms. The van der Waals surface area contributed by atoms with Crippen LogP contribution in [0.25, 0.3) is 0 Å². The van der Waals surface area contributed by atoms with Crippen molar-refractivity contribution in [3.63, 3.8) is 0 Å². The molecule has 0 saturated heterocycles. The van der Waals surface area contributed by atoms with Gasteiger partial charge in [-0.2, -0.15) is 0 Å². The lowest BCUT2D eigenvalue weighted by atomic mass is 9.81. The molecule has 1 fully saturated rings. The highest BCUT2D eigenvalue weighted by Gasteiger charge is 2.35. The Morgan fingerprint density at radius 2 is 1.88 bits per heavy atom. The number of hydrogen-bond donors (Lipinski definition) is 2. The van der Waals surface area contributed by atoms with Crippen molar-refractivity contribution in [3.8, 4) is 0 Å². The number of sulfonamides is 1. The molecule has 0 aromatic rings. The molecule has 0 amide bonds. The van der Waals surface area contributed by atoms with Gasteiger partial charge in [0.15, 0.2) is 0 Å². The first-order valence-corrected chi connectivity index (χ1v) is 7.76. The Bertz CT molecular complexity index is 305. The van der Waals surface area contributed by atoms with Gasteiger partial charge >= 0.3 is 0 Å². The predicted molar refractivity (Wildman–Crippen MR) is 64.7 cm³/mol. The molecular weight excluding hydrogens is 226 g/mol. The maximum absolute atomic E-state index is 11.7. The summed E-state index contributed by atoms with van der Waals surface area (Å²) in [5.74, 6) is 0.393. The SMILES string of the molecule is CCC(CC)CS(=O)(=O)NCC1(O)CCC1. The fourth-order valence-electron chi connectivity index (χ4n) is 1.90. The van der Waals surface area contributed by atoms with Crippen molar-refractivity contribution in [2.45, 2.75) is 51.6 Å². The third-order valence-corrected chi connectivity index (χ3v) is 5.01. The Hall–Kier alpha value is -0.130. The van der Waals surface area contributed by atoms with Crippen LogP contribution in [0.3, 0.4) is 0 Å². The molecule has 0 aliphatic heterocycles. The molecule has 1 aliphatic rings. The molecule has 1 saturated carbocycles. The summed E-state index contributed by atoms with van der Waals surface area (Å²) in [4.78, 5) is 0. The smallest absolute Gasteiger partial charge is 0.211 e. The van der Waals surface area contributed by atoms with Crippen LogP contribution in [0.15, 0.2) is 0 Å². The molecule has 1 aliphatic carbocycles. The van der Waals surface area contributed by atoms with Gasteiger partial charge in [0.1, 0.15) is 0 Å². The van der Waals surface area contributed by atoms with Crippen LogP contribution in [-0.4, -0.2) is 31.4 Å². The van der Waals surface area contributed by atoms with Gasteiger partial charge in [0.05, 0.1) is 11.4 Å². The zero-order valence-electron chi connectivity index (χ0n) is 10.2. The number of hydrogen-bond acceptors (Lipinski definition) is 3. The lowest BCUT2D eigenvalue weighted by Crippen LogP contribution is -2.48. The molecule has 1 rings (SSSR count). The van der Waals surface area contributed by atoms with Gasteiger partial charge in [0, 0.05) is 6.54 Å². The monoisotopic (exact) mass is 249 g/mol. The summed E-state index contributed by atoms with van der Waals surface area (Å²) in [6.07, 6.45) is 4.16. The molecule has 0 bridgehead atoms. The highest BCUT2D eigenvalue weighted by molar-refractivity contribution is 7.89. The van der Waals surface area contributed by atoms with Crippen LogP contribution in [0.4, 0.5) is 0 Å². The minimum Gasteiger partial charge on any atom is -0.389 e. The zero-order chi connectivity index (χ0) is 12.2. The maximum Gasteiger partial charge on any atom is 0.211 e. The van der Waals surface area contributed by atoms with E-state index in [0.29, 0.717) is 12.8 Å². The van der Waals surface area contributed by atoms with E-state index in [9.17, 15) is 13.5 Å². The van der Waals surface area contributed by atoms with Gasteiger partial charge in [0.25, 0.3) is 0 Å². The second kappa shape index (κ2) is 5.47. The lowest BCUT2D eigenvalue weighted by Gasteiger charge is -2.36. The number of rotatable bonds is 7. The summed E-state index contributed by atoms with van der Waals surface area (Å²) in [7, 11) is -3.22. The van der Waals surface area contributed by atoms with E-state index < -0.39 is 15.6 Å². The molecule has 0 aromatic carbocycles. The Kier molecular flexibility index (Phi) is 4.76. The Labute approximate surface area is 98.5 Å². The van der Waals surface area contributed by atoms with Crippen LogP contribution in [0, 0.1) is 5.92 Å². The van der Waals surface area contributed by atoms with Crippen LogP contribution in [0.1, 0.15) is 46.0 Å². The fraction of sp³-hybridized carbons (Fsp3) is 1.00. The quantitative estimate of drug-likeness (QED) is 0.714. The molecule has 5 heteroatoms. The van der Waals surface area contributed by atoms with Gasteiger partial charge in [-0.05, 0) is 25.2 Å². The van der Waals surface area contributed by atoms with Crippen molar-refractivity contribution >= 4 is 10.0 Å². The van der Waals surface area contributed by atoms with E-state index in [1.165, 1.54) is 0 Å². The average Bonchev–Trinajstić information content (AvgIpc) is 2.20. The van der Waals surface area contributed by atoms with Crippen molar-refractivity contribution < 1.29 is 13.5 Å². The van der Waals surface area contributed by atoms with Crippen LogP contribution in [-0.2, 0) is 10.0 Å². The molecule has 96 valence electrons. The molecule has 0 radical (unpaired) electrons. The summed E-state index contributed by atoms with van der Waals surface area (Å²) < 4.78 is 26.0. The zero-order valence-corrected chi connectivity index (χ0v) is 11.0. The minimum atomic E-state index is -3.22. The average molecular weight is 249 g/mol. The van der Waals surface area contributed by atoms with Gasteiger partial charge in [-0.3, -0.25) is 0 Å². The third kappa shape index (κ3) is 4.03. The normalized spacial score (nSPS) is 19.8. The predicted octanol–water partition coefficient (Wildman–Crippen LogP) is 1.26. The summed E-state index contributed by atoms with van der Waals surface area (Å²) in [6, 6.07) is 0. The molecule has 0 heterocycles. The summed E-state index contributed by atoms with van der Waals surface area (Å²) in [6.45, 7) is 4.18. The molecule has 0 spiro atoms. The lowest BCUT2D eigenvalue weighted by molar-refractivity contribution is -0.0271. The molecule has 2 N–H and O–H groups in total. The number of aliphatic hydroxyl groups is 1. The first-order chi connectivity index (χ1) is 7.41. The minimum absolute atomic E-state index is 0.176. The maximum atomic E-state index is 11.7. The van der Waals surface area contributed by atoms with Gasteiger partial charge in [-0.15, -0.1) is 0 Å². The molecule has 0 atom stereocenters. The van der Waals surface area contributed by atoms with Gasteiger partial charge in [0.2, 0.25) is 10.0 Å². The standard InChI is InChI=1S/C11H23NO3S/c1-3-10(4-2)8-16(14,15)12-9-11(13)6-5-7-11/h10,12-13H,3-9H2,1-2H3. The van der Waals surface area contributed by atoms with E-state index in [0.717, 1.165) is 19.3 Å². The van der Waals surface area contributed by atoms with E-state index in [4.69, 9.17) is 0 Å². The van der Waals surface area contributed by atoms with Crippen molar-refractivity contribution in [1.82, 2.24) is 4.72 Å². The van der Waals surface area contributed by atoms with Gasteiger partial charge in [-0.1, -0.05) is 26.7 Å². The fourth-order valence-corrected chi connectivity index (χ4v) is 3.60. The van der Waals surface area contributed by atoms with E-state index >= 15 is 0 Å². The van der Waals surface area contributed by atoms with Crippen LogP contribution >= 0.6 is 0 Å². The number of nitrogens with one attached hydrogen (secondary N) is 1. The van der Waals surface area contributed by atoms with E-state index in [1.807, 2.05) is 13.8 Å². The van der Waals surface area contributed by atoms with E-state index in [-0.39, 0.29) is 18.2 Å². The third-order valence-electron chi connectivity index (χ3n) is 3.52. The van der Waals surface area contributed by atoms with Crippen LogP contribution in [0.5, 0.6) is 0 Å². The summed E-state index contributed by atoms with van der Waals surface area (Å²) in [5.41, 5.74) is -0.777. The van der Waals surface area contributed by atoms with Crippen molar-refractivity contribution in [2.75, 3.05) is 12.3 Å². The molecular formula is C11H23NO3S. The van der Waals surface area contributed by atoms with Crippen molar-refractivity contribution in [3.05, 3.63) is 0 Å². The first-order valence-electron chi connectivity index (χ1n) is 6.10. The summed E-state index contributed by atoms with van der Waals surface area (Å²) >= 11 is 0. The largest absolute Gasteiger partial charge is 0.389 e. The van der Waals surface area contributed by atoms with E-state index in [2.05, 4.69) is 4.72 Å². The second-order valence-electron chi connectivity index (χ2n) is 4.86. The molecule has 0 unspecified atom stereocenters. The van der Waals surface area contributed by atoms with Crippen LogP contribution < -0.4 is 4.72 Å². The van der Waals surface area contributed by atoms with E-state index in [1.54, 1.807) is 0 Å². The topological polar surface area (TPSA) is 66.4 Å².